The number of nitrogens with one attached hydrogen (secondary N) is 1. The Bertz CT molecular complexity index is 1340. The lowest BCUT2D eigenvalue weighted by atomic mass is 10.0. The Morgan fingerprint density at radius 1 is 1.16 bits per heavy atom. The lowest BCUT2D eigenvalue weighted by Gasteiger charge is -2.21. The molecule has 4 aromatic rings. The summed E-state index contributed by atoms with van der Waals surface area (Å²) >= 11 is 0. The summed E-state index contributed by atoms with van der Waals surface area (Å²) < 4.78 is 41.5. The van der Waals surface area contributed by atoms with Crippen molar-refractivity contribution in [3.8, 4) is 6.07 Å². The average Bonchev–Trinajstić information content (AvgIpc) is 3.22. The van der Waals surface area contributed by atoms with Gasteiger partial charge in [0.1, 0.15) is 11.7 Å². The monoisotopic (exact) mass is 436 g/mol. The SMILES string of the molecule is N#Cc1ccc(Cc2cncn2C(c2cc[nH]c(=O)c2)c2nccc(C(F)(F)F)n2)cc1. The van der Waals surface area contributed by atoms with Crippen molar-refractivity contribution in [2.24, 2.45) is 0 Å². The van der Waals surface area contributed by atoms with Crippen LogP contribution in [0, 0.1) is 11.3 Å². The predicted molar refractivity (Wildman–Crippen MR) is 108 cm³/mol. The van der Waals surface area contributed by atoms with Crippen molar-refractivity contribution in [2.75, 3.05) is 0 Å². The molecule has 4 rings (SSSR count). The van der Waals surface area contributed by atoms with E-state index in [2.05, 4.69) is 19.9 Å². The first-order chi connectivity index (χ1) is 15.3. The molecule has 1 unspecified atom stereocenters. The van der Waals surface area contributed by atoms with Crippen LogP contribution < -0.4 is 5.56 Å². The Morgan fingerprint density at radius 2 is 1.94 bits per heavy atom. The Kier molecular flexibility index (Phi) is 5.55. The largest absolute Gasteiger partial charge is 0.433 e. The molecule has 0 aliphatic rings. The van der Waals surface area contributed by atoms with Gasteiger partial charge in [-0.3, -0.25) is 4.79 Å². The molecule has 160 valence electrons. The molecule has 7 nitrogen and oxygen atoms in total. The average molecular weight is 436 g/mol. The molecule has 0 fully saturated rings. The number of imidazole rings is 1. The third-order valence-electron chi connectivity index (χ3n) is 4.82. The van der Waals surface area contributed by atoms with Gasteiger partial charge in [-0.15, -0.1) is 0 Å². The predicted octanol–water partition coefficient (Wildman–Crippen LogP) is 3.48. The van der Waals surface area contributed by atoms with Crippen LogP contribution in [0.4, 0.5) is 13.2 Å². The summed E-state index contributed by atoms with van der Waals surface area (Å²) in [6.45, 7) is 0. The fourth-order valence-electron chi connectivity index (χ4n) is 3.34. The van der Waals surface area contributed by atoms with Crippen molar-refractivity contribution < 1.29 is 13.2 Å². The Morgan fingerprint density at radius 3 is 2.62 bits per heavy atom. The van der Waals surface area contributed by atoms with E-state index in [0.29, 0.717) is 23.2 Å². The molecule has 0 aliphatic carbocycles. The fraction of sp³-hybridized carbons (Fsp3) is 0.136. The van der Waals surface area contributed by atoms with Gasteiger partial charge in [0.2, 0.25) is 5.56 Å². The fourth-order valence-corrected chi connectivity index (χ4v) is 3.34. The molecule has 0 amide bonds. The van der Waals surface area contributed by atoms with E-state index in [4.69, 9.17) is 5.26 Å². The second kappa shape index (κ2) is 8.47. The first kappa shape index (κ1) is 21.0. The van der Waals surface area contributed by atoms with Crippen molar-refractivity contribution in [1.29, 1.82) is 5.26 Å². The number of halogens is 3. The molecule has 0 saturated heterocycles. The van der Waals surface area contributed by atoms with E-state index < -0.39 is 23.5 Å². The van der Waals surface area contributed by atoms with Gasteiger partial charge in [0.05, 0.1) is 18.0 Å². The molecule has 3 heterocycles. The van der Waals surface area contributed by atoms with Gasteiger partial charge in [-0.1, -0.05) is 12.1 Å². The third-order valence-corrected chi connectivity index (χ3v) is 4.82. The highest BCUT2D eigenvalue weighted by Crippen LogP contribution is 2.30. The van der Waals surface area contributed by atoms with Crippen LogP contribution in [-0.2, 0) is 12.6 Å². The molecule has 0 radical (unpaired) electrons. The number of nitrogens with zero attached hydrogens (tertiary/aromatic N) is 5. The van der Waals surface area contributed by atoms with Gasteiger partial charge in [-0.2, -0.15) is 18.4 Å². The van der Waals surface area contributed by atoms with Gasteiger partial charge in [0.25, 0.3) is 0 Å². The molecular formula is C22H15F3N6O. The van der Waals surface area contributed by atoms with Crippen molar-refractivity contribution in [2.45, 2.75) is 18.6 Å². The highest BCUT2D eigenvalue weighted by atomic mass is 19.4. The molecule has 0 bridgehead atoms. The maximum absolute atomic E-state index is 13.3. The van der Waals surface area contributed by atoms with Gasteiger partial charge in [-0.05, 0) is 35.4 Å². The molecule has 3 aromatic heterocycles. The van der Waals surface area contributed by atoms with Gasteiger partial charge < -0.3 is 9.55 Å². The normalized spacial score (nSPS) is 12.3. The number of aromatic nitrogens is 5. The zero-order chi connectivity index (χ0) is 22.7. The van der Waals surface area contributed by atoms with Gasteiger partial charge in [0.15, 0.2) is 5.82 Å². The number of pyridine rings is 1. The van der Waals surface area contributed by atoms with Crippen LogP contribution in [0.25, 0.3) is 0 Å². The van der Waals surface area contributed by atoms with Crippen LogP contribution in [0.3, 0.4) is 0 Å². The van der Waals surface area contributed by atoms with Crippen LogP contribution >= 0.6 is 0 Å². The van der Waals surface area contributed by atoms with Crippen molar-refractivity contribution in [3.63, 3.8) is 0 Å². The molecular weight excluding hydrogens is 421 g/mol. The molecule has 1 N–H and O–H groups in total. The standard InChI is InChI=1S/C22H15F3N6O/c23-22(24,25)18-6-8-29-21(30-18)20(16-5-7-28-19(32)10-16)31-13-27-12-17(31)9-14-1-3-15(11-26)4-2-14/h1-8,10,12-13,20H,9H2,(H,28,32). The topological polar surface area (TPSA) is 100 Å². The summed E-state index contributed by atoms with van der Waals surface area (Å²) in [5.41, 5.74) is 0.980. The summed E-state index contributed by atoms with van der Waals surface area (Å²) in [6.07, 6.45) is 1.26. The first-order valence-corrected chi connectivity index (χ1v) is 9.43. The van der Waals surface area contributed by atoms with E-state index >= 15 is 0 Å². The number of alkyl halides is 3. The first-order valence-electron chi connectivity index (χ1n) is 9.43. The van der Waals surface area contributed by atoms with Crippen molar-refractivity contribution >= 4 is 0 Å². The number of rotatable bonds is 5. The maximum atomic E-state index is 13.3. The number of hydrogen-bond donors (Lipinski definition) is 1. The summed E-state index contributed by atoms with van der Waals surface area (Å²) in [7, 11) is 0. The summed E-state index contributed by atoms with van der Waals surface area (Å²) in [5.74, 6) is -0.121. The molecule has 1 atom stereocenters. The van der Waals surface area contributed by atoms with Crippen molar-refractivity contribution in [3.05, 3.63) is 112 Å². The van der Waals surface area contributed by atoms with Crippen LogP contribution in [0.15, 0.2) is 72.2 Å². The molecule has 32 heavy (non-hydrogen) atoms. The van der Waals surface area contributed by atoms with Gasteiger partial charge in [0, 0.05) is 36.8 Å². The van der Waals surface area contributed by atoms with Gasteiger partial charge in [-0.25, -0.2) is 15.0 Å². The minimum absolute atomic E-state index is 0.121. The highest BCUT2D eigenvalue weighted by Gasteiger charge is 2.34. The zero-order valence-corrected chi connectivity index (χ0v) is 16.4. The molecule has 0 saturated carbocycles. The molecule has 10 heteroatoms. The number of nitriles is 1. The summed E-state index contributed by atoms with van der Waals surface area (Å²) in [5, 5.41) is 8.97. The van der Waals surface area contributed by atoms with E-state index in [1.165, 1.54) is 18.6 Å². The smallest absolute Gasteiger partial charge is 0.329 e. The minimum Gasteiger partial charge on any atom is -0.329 e. The van der Waals surface area contributed by atoms with Crippen LogP contribution in [0.1, 0.15) is 39.9 Å². The van der Waals surface area contributed by atoms with Crippen molar-refractivity contribution in [1.82, 2.24) is 24.5 Å². The summed E-state index contributed by atoms with van der Waals surface area (Å²) in [6, 6.07) is 11.8. The van der Waals surface area contributed by atoms with E-state index in [-0.39, 0.29) is 5.82 Å². The Labute approximate surface area is 179 Å². The molecule has 0 aliphatic heterocycles. The minimum atomic E-state index is -4.64. The number of benzene rings is 1. The Hall–Kier alpha value is -4.26. The third kappa shape index (κ3) is 4.41. The van der Waals surface area contributed by atoms with E-state index in [1.807, 2.05) is 6.07 Å². The number of H-pyrrole nitrogens is 1. The molecule has 0 spiro atoms. The number of aromatic amines is 1. The van der Waals surface area contributed by atoms with E-state index in [9.17, 15) is 18.0 Å². The zero-order valence-electron chi connectivity index (χ0n) is 16.4. The van der Waals surface area contributed by atoms with E-state index in [0.717, 1.165) is 17.8 Å². The number of hydrogen-bond acceptors (Lipinski definition) is 5. The second-order valence-electron chi connectivity index (χ2n) is 6.96. The van der Waals surface area contributed by atoms with Crippen LogP contribution in [0.2, 0.25) is 0 Å². The van der Waals surface area contributed by atoms with Crippen LogP contribution in [-0.4, -0.2) is 24.5 Å². The Balaban J connectivity index is 1.81. The summed E-state index contributed by atoms with van der Waals surface area (Å²) in [4.78, 5) is 26.4. The maximum Gasteiger partial charge on any atom is 0.433 e. The lowest BCUT2D eigenvalue weighted by molar-refractivity contribution is -0.141. The molecule has 1 aromatic carbocycles. The van der Waals surface area contributed by atoms with E-state index in [1.54, 1.807) is 41.1 Å². The quantitative estimate of drug-likeness (QED) is 0.516. The van der Waals surface area contributed by atoms with Gasteiger partial charge >= 0.3 is 6.18 Å². The lowest BCUT2D eigenvalue weighted by Crippen LogP contribution is -2.21. The van der Waals surface area contributed by atoms with Crippen LogP contribution in [0.5, 0.6) is 0 Å². The highest BCUT2D eigenvalue weighted by molar-refractivity contribution is 5.34. The second-order valence-corrected chi connectivity index (χ2v) is 6.96.